The van der Waals surface area contributed by atoms with Crippen molar-refractivity contribution >= 4 is 56.5 Å². The second-order valence-electron chi connectivity index (χ2n) is 5.59. The van der Waals surface area contributed by atoms with Crippen LogP contribution in [-0.2, 0) is 16.1 Å². The fraction of sp³-hybridized carbons (Fsp3) is 0.235. The van der Waals surface area contributed by atoms with E-state index >= 15 is 0 Å². The van der Waals surface area contributed by atoms with E-state index in [1.807, 2.05) is 13.0 Å². The molecule has 0 aliphatic rings. The highest BCUT2D eigenvalue weighted by atomic mass is 35.5. The first-order valence-electron chi connectivity index (χ1n) is 7.42. The molecule has 0 unspecified atom stereocenters. The minimum atomic E-state index is -0.508. The third-order valence-corrected chi connectivity index (χ3v) is 5.27. The number of aromatic nitrogens is 2. The number of aryl methyl sites for hydroxylation is 1. The van der Waals surface area contributed by atoms with Crippen molar-refractivity contribution in [3.05, 3.63) is 50.4 Å². The maximum atomic E-state index is 12.1. The molecule has 0 spiro atoms. The van der Waals surface area contributed by atoms with Gasteiger partial charge in [0.15, 0.2) is 5.78 Å². The van der Waals surface area contributed by atoms with E-state index in [1.165, 1.54) is 18.3 Å². The molecule has 3 rings (SSSR count). The van der Waals surface area contributed by atoms with Gasteiger partial charge in [-0.25, -0.2) is 9.48 Å². The molecule has 0 fully saturated rings. The van der Waals surface area contributed by atoms with Gasteiger partial charge >= 0.3 is 5.97 Å². The van der Waals surface area contributed by atoms with Gasteiger partial charge in [0, 0.05) is 15.4 Å². The third kappa shape index (κ3) is 3.86. The molecule has 0 saturated heterocycles. The van der Waals surface area contributed by atoms with E-state index in [9.17, 15) is 9.59 Å². The number of halogens is 2. The number of benzene rings is 1. The average molecular weight is 397 g/mol. The van der Waals surface area contributed by atoms with Gasteiger partial charge in [-0.2, -0.15) is 5.10 Å². The zero-order valence-corrected chi connectivity index (χ0v) is 15.8. The summed E-state index contributed by atoms with van der Waals surface area (Å²) >= 11 is 13.4. The van der Waals surface area contributed by atoms with Gasteiger partial charge < -0.3 is 4.74 Å². The Labute approximate surface area is 158 Å². The van der Waals surface area contributed by atoms with Crippen molar-refractivity contribution < 1.29 is 14.3 Å². The second kappa shape index (κ2) is 7.15. The maximum Gasteiger partial charge on any atom is 0.348 e. The average Bonchev–Trinajstić information content (AvgIpc) is 3.09. The number of carbonyl (C=O) groups is 2. The predicted molar refractivity (Wildman–Crippen MR) is 98.9 cm³/mol. The smallest absolute Gasteiger partial charge is 0.348 e. The Balaban J connectivity index is 1.91. The molecule has 5 nitrogen and oxygen atoms in total. The van der Waals surface area contributed by atoms with Crippen LogP contribution in [-0.4, -0.2) is 28.1 Å². The minimum absolute atomic E-state index is 0.200. The molecular formula is C17H14Cl2N2O3S. The molecule has 0 radical (unpaired) electrons. The van der Waals surface area contributed by atoms with Crippen molar-refractivity contribution in [2.24, 2.45) is 0 Å². The van der Waals surface area contributed by atoms with Crippen LogP contribution in [0.4, 0.5) is 0 Å². The normalized spacial score (nSPS) is 11.0. The van der Waals surface area contributed by atoms with E-state index in [2.05, 4.69) is 5.10 Å². The number of esters is 1. The van der Waals surface area contributed by atoms with Crippen LogP contribution < -0.4 is 0 Å². The zero-order valence-electron chi connectivity index (χ0n) is 13.5. The van der Waals surface area contributed by atoms with Crippen LogP contribution in [0.15, 0.2) is 24.3 Å². The van der Waals surface area contributed by atoms with E-state index in [1.54, 1.807) is 22.9 Å². The van der Waals surface area contributed by atoms with Gasteiger partial charge in [-0.15, -0.1) is 11.3 Å². The Morgan fingerprint density at radius 2 is 2.04 bits per heavy atom. The van der Waals surface area contributed by atoms with Crippen molar-refractivity contribution in [1.29, 1.82) is 0 Å². The molecule has 3 aromatic rings. The van der Waals surface area contributed by atoms with Crippen LogP contribution in [0, 0.1) is 6.92 Å². The number of carbonyl (C=O) groups excluding carboxylic acids is 2. The van der Waals surface area contributed by atoms with Gasteiger partial charge in [-0.3, -0.25) is 4.79 Å². The third-order valence-electron chi connectivity index (χ3n) is 3.55. The summed E-state index contributed by atoms with van der Waals surface area (Å²) in [7, 11) is 0. The molecule has 0 bridgehead atoms. The molecule has 130 valence electrons. The van der Waals surface area contributed by atoms with Crippen LogP contribution in [0.5, 0.6) is 0 Å². The van der Waals surface area contributed by atoms with Crippen molar-refractivity contribution in [2.75, 3.05) is 6.61 Å². The number of Topliss-reactive ketones (excluding diaryl/α,β-unsaturated/α-hetero) is 1. The summed E-state index contributed by atoms with van der Waals surface area (Å²) in [6.45, 7) is 3.48. The number of thiophene rings is 1. The summed E-state index contributed by atoms with van der Waals surface area (Å²) in [6.07, 6.45) is 0. The molecule has 0 saturated carbocycles. The monoisotopic (exact) mass is 396 g/mol. The summed E-state index contributed by atoms with van der Waals surface area (Å²) in [5.74, 6) is -0.707. The molecule has 8 heteroatoms. The molecule has 25 heavy (non-hydrogen) atoms. The van der Waals surface area contributed by atoms with Gasteiger partial charge in [0.2, 0.25) is 0 Å². The molecule has 0 aliphatic heterocycles. The molecule has 2 heterocycles. The molecule has 0 amide bonds. The van der Waals surface area contributed by atoms with Gasteiger partial charge in [0.05, 0.1) is 12.2 Å². The summed E-state index contributed by atoms with van der Waals surface area (Å²) in [6, 6.07) is 7.05. The van der Waals surface area contributed by atoms with Crippen LogP contribution in [0.3, 0.4) is 0 Å². The first kappa shape index (κ1) is 17.9. The zero-order chi connectivity index (χ0) is 18.1. The predicted octanol–water partition coefficient (Wildman–Crippen LogP) is 4.51. The number of fused-ring (bicyclic) bond motifs is 1. The Morgan fingerprint density at radius 3 is 2.72 bits per heavy atom. The van der Waals surface area contributed by atoms with Gasteiger partial charge in [-0.1, -0.05) is 29.3 Å². The number of hydrogen-bond donors (Lipinski definition) is 0. The van der Waals surface area contributed by atoms with E-state index in [4.69, 9.17) is 27.9 Å². The fourth-order valence-corrected chi connectivity index (χ4v) is 3.89. The highest BCUT2D eigenvalue weighted by molar-refractivity contribution is 7.20. The number of hydrogen-bond acceptors (Lipinski definition) is 5. The number of nitrogens with zero attached hydrogens (tertiary/aromatic N) is 2. The van der Waals surface area contributed by atoms with E-state index < -0.39 is 5.97 Å². The van der Waals surface area contributed by atoms with E-state index in [0.29, 0.717) is 21.5 Å². The summed E-state index contributed by atoms with van der Waals surface area (Å²) in [5.41, 5.74) is 1.69. The number of ketones is 1. The summed E-state index contributed by atoms with van der Waals surface area (Å²) < 4.78 is 6.77. The van der Waals surface area contributed by atoms with Gasteiger partial charge in [-0.05, 0) is 37.6 Å². The van der Waals surface area contributed by atoms with Crippen LogP contribution in [0.1, 0.15) is 27.9 Å². The Hall–Kier alpha value is -1.89. The Kier molecular flexibility index (Phi) is 5.13. The molecule has 2 aromatic heterocycles. The lowest BCUT2D eigenvalue weighted by Gasteiger charge is -2.06. The molecule has 0 N–H and O–H groups in total. The fourth-order valence-electron chi connectivity index (χ4n) is 2.37. The summed E-state index contributed by atoms with van der Waals surface area (Å²) in [5, 5.41) is 6.52. The summed E-state index contributed by atoms with van der Waals surface area (Å²) in [4.78, 5) is 24.3. The van der Waals surface area contributed by atoms with E-state index in [-0.39, 0.29) is 12.4 Å². The molecule has 0 aliphatic carbocycles. The standard InChI is InChI=1S/C17H14Cl2N2O3S/c1-9(22)8-24-17(23)15-6-13-10(2)20-21(16(13)25-15)7-11-3-4-12(18)5-14(11)19/h3-6H,7-8H2,1-2H3. The van der Waals surface area contributed by atoms with E-state index in [0.717, 1.165) is 21.5 Å². The molecule has 0 atom stereocenters. The minimum Gasteiger partial charge on any atom is -0.454 e. The van der Waals surface area contributed by atoms with Gasteiger partial charge in [0.1, 0.15) is 16.3 Å². The van der Waals surface area contributed by atoms with Crippen molar-refractivity contribution in [1.82, 2.24) is 9.78 Å². The Morgan fingerprint density at radius 1 is 1.28 bits per heavy atom. The highest BCUT2D eigenvalue weighted by Gasteiger charge is 2.18. The largest absolute Gasteiger partial charge is 0.454 e. The quantitative estimate of drug-likeness (QED) is 0.595. The van der Waals surface area contributed by atoms with Crippen LogP contribution in [0.25, 0.3) is 10.2 Å². The lowest BCUT2D eigenvalue weighted by molar-refractivity contribution is -0.120. The van der Waals surface area contributed by atoms with Crippen molar-refractivity contribution in [3.63, 3.8) is 0 Å². The molecule has 1 aromatic carbocycles. The first-order valence-corrected chi connectivity index (χ1v) is 9.00. The maximum absolute atomic E-state index is 12.1. The lowest BCUT2D eigenvalue weighted by atomic mass is 10.2. The van der Waals surface area contributed by atoms with Gasteiger partial charge in [0.25, 0.3) is 0 Å². The topological polar surface area (TPSA) is 61.2 Å². The number of ether oxygens (including phenoxy) is 1. The van der Waals surface area contributed by atoms with Crippen LogP contribution in [0.2, 0.25) is 10.0 Å². The van der Waals surface area contributed by atoms with Crippen molar-refractivity contribution in [3.8, 4) is 0 Å². The lowest BCUT2D eigenvalue weighted by Crippen LogP contribution is -2.10. The number of rotatable bonds is 5. The first-order chi connectivity index (χ1) is 11.8. The van der Waals surface area contributed by atoms with Crippen molar-refractivity contribution in [2.45, 2.75) is 20.4 Å². The molecular weight excluding hydrogens is 383 g/mol. The highest BCUT2D eigenvalue weighted by Crippen LogP contribution is 2.30. The SMILES string of the molecule is CC(=O)COC(=O)c1cc2c(C)nn(Cc3ccc(Cl)cc3Cl)c2s1. The van der Waals surface area contributed by atoms with Crippen LogP contribution >= 0.6 is 34.5 Å². The Bertz CT molecular complexity index is 978. The second-order valence-corrected chi connectivity index (χ2v) is 7.46.